The second-order valence-corrected chi connectivity index (χ2v) is 3.02. The van der Waals surface area contributed by atoms with Crippen molar-refractivity contribution in [1.29, 1.82) is 0 Å². The molecule has 2 N–H and O–H groups in total. The monoisotopic (exact) mass is 199 g/mol. The normalized spacial score (nSPS) is 9.87. The summed E-state index contributed by atoms with van der Waals surface area (Å²) in [6.07, 6.45) is 2.07. The summed E-state index contributed by atoms with van der Waals surface area (Å²) >= 11 is 0. The molecule has 2 aromatic rings. The summed E-state index contributed by atoms with van der Waals surface area (Å²) in [6, 6.07) is 9.46. The van der Waals surface area contributed by atoms with Crippen LogP contribution < -0.4 is 5.73 Å². The molecule has 0 amide bonds. The van der Waals surface area contributed by atoms with Crippen molar-refractivity contribution in [2.24, 2.45) is 0 Å². The molecule has 0 atom stereocenters. The fourth-order valence-electron chi connectivity index (χ4n) is 1.22. The van der Waals surface area contributed by atoms with E-state index in [1.165, 1.54) is 6.20 Å². The Morgan fingerprint density at radius 1 is 1.20 bits per heavy atom. The third kappa shape index (κ3) is 1.83. The number of nitrogens with zero attached hydrogens (tertiary/aromatic N) is 2. The number of nitrogens with two attached hydrogens (primary N) is 1. The Balaban J connectivity index is 2.47. The first-order valence-corrected chi connectivity index (χ1v) is 4.44. The van der Waals surface area contributed by atoms with E-state index < -0.39 is 0 Å². The molecule has 15 heavy (non-hydrogen) atoms. The number of nitrogen functional groups attached to an aromatic ring is 1. The first kappa shape index (κ1) is 9.33. The second kappa shape index (κ2) is 3.88. The SMILES string of the molecule is Nc1nc(-c2ccccc2)ncc1C=O. The highest BCUT2D eigenvalue weighted by molar-refractivity contribution is 5.81. The van der Waals surface area contributed by atoms with Crippen molar-refractivity contribution < 1.29 is 4.79 Å². The van der Waals surface area contributed by atoms with Crippen LogP contribution in [0, 0.1) is 0 Å². The van der Waals surface area contributed by atoms with Gasteiger partial charge in [0.1, 0.15) is 5.82 Å². The van der Waals surface area contributed by atoms with E-state index in [-0.39, 0.29) is 5.82 Å². The first-order valence-electron chi connectivity index (χ1n) is 4.44. The number of rotatable bonds is 2. The highest BCUT2D eigenvalue weighted by Crippen LogP contribution is 2.15. The Kier molecular flexibility index (Phi) is 2.41. The minimum absolute atomic E-state index is 0.207. The number of hydrogen-bond acceptors (Lipinski definition) is 4. The summed E-state index contributed by atoms with van der Waals surface area (Å²) in [4.78, 5) is 18.6. The van der Waals surface area contributed by atoms with Crippen molar-refractivity contribution in [3.05, 3.63) is 42.1 Å². The molecular weight excluding hydrogens is 190 g/mol. The van der Waals surface area contributed by atoms with E-state index in [0.29, 0.717) is 17.7 Å². The third-order valence-electron chi connectivity index (χ3n) is 2.01. The average molecular weight is 199 g/mol. The Bertz CT molecular complexity index is 482. The molecule has 0 aliphatic rings. The van der Waals surface area contributed by atoms with Crippen molar-refractivity contribution in [3.63, 3.8) is 0 Å². The second-order valence-electron chi connectivity index (χ2n) is 3.02. The average Bonchev–Trinajstić information content (AvgIpc) is 2.30. The van der Waals surface area contributed by atoms with Crippen LogP contribution >= 0.6 is 0 Å². The van der Waals surface area contributed by atoms with Crippen LogP contribution in [-0.2, 0) is 0 Å². The maximum absolute atomic E-state index is 10.5. The van der Waals surface area contributed by atoms with Gasteiger partial charge in [0.2, 0.25) is 0 Å². The lowest BCUT2D eigenvalue weighted by Gasteiger charge is -2.01. The van der Waals surface area contributed by atoms with Gasteiger partial charge in [-0.05, 0) is 0 Å². The lowest BCUT2D eigenvalue weighted by molar-refractivity contribution is 0.112. The molecule has 0 aliphatic heterocycles. The Labute approximate surface area is 86.8 Å². The number of carbonyl (C=O) groups excluding carboxylic acids is 1. The van der Waals surface area contributed by atoms with Crippen molar-refractivity contribution in [2.75, 3.05) is 5.73 Å². The molecule has 1 aromatic carbocycles. The minimum Gasteiger partial charge on any atom is -0.383 e. The van der Waals surface area contributed by atoms with Crippen LogP contribution in [0.1, 0.15) is 10.4 Å². The van der Waals surface area contributed by atoms with E-state index in [2.05, 4.69) is 9.97 Å². The van der Waals surface area contributed by atoms with E-state index in [9.17, 15) is 4.79 Å². The molecule has 0 unspecified atom stereocenters. The van der Waals surface area contributed by atoms with Crippen LogP contribution in [0.5, 0.6) is 0 Å². The highest BCUT2D eigenvalue weighted by Gasteiger charge is 2.04. The number of hydrogen-bond donors (Lipinski definition) is 1. The van der Waals surface area contributed by atoms with Crippen molar-refractivity contribution in [3.8, 4) is 11.4 Å². The van der Waals surface area contributed by atoms with Crippen LogP contribution in [0.2, 0.25) is 0 Å². The molecular formula is C11H9N3O. The predicted molar refractivity (Wildman–Crippen MR) is 57.3 cm³/mol. The first-order chi connectivity index (χ1) is 7.31. The number of benzene rings is 1. The zero-order valence-corrected chi connectivity index (χ0v) is 7.92. The van der Waals surface area contributed by atoms with Gasteiger partial charge in [0.25, 0.3) is 0 Å². The Morgan fingerprint density at radius 3 is 2.53 bits per heavy atom. The molecule has 1 aromatic heterocycles. The summed E-state index contributed by atoms with van der Waals surface area (Å²) in [5.74, 6) is 0.734. The Hall–Kier alpha value is -2.23. The predicted octanol–water partition coefficient (Wildman–Crippen LogP) is 1.54. The zero-order valence-electron chi connectivity index (χ0n) is 7.92. The highest BCUT2D eigenvalue weighted by atomic mass is 16.1. The van der Waals surface area contributed by atoms with Crippen molar-refractivity contribution >= 4 is 12.1 Å². The summed E-state index contributed by atoms with van der Waals surface area (Å²) in [5.41, 5.74) is 6.78. The third-order valence-corrected chi connectivity index (χ3v) is 2.01. The molecule has 0 fully saturated rings. The van der Waals surface area contributed by atoms with Gasteiger partial charge >= 0.3 is 0 Å². The largest absolute Gasteiger partial charge is 0.383 e. The van der Waals surface area contributed by atoms with Crippen LogP contribution in [0.3, 0.4) is 0 Å². The summed E-state index contributed by atoms with van der Waals surface area (Å²) in [5, 5.41) is 0. The van der Waals surface area contributed by atoms with Gasteiger partial charge in [-0.2, -0.15) is 0 Å². The Morgan fingerprint density at radius 2 is 1.93 bits per heavy atom. The standard InChI is InChI=1S/C11H9N3O/c12-10-9(7-15)6-13-11(14-10)8-4-2-1-3-5-8/h1-7H,(H2,12,13,14). The zero-order chi connectivity index (χ0) is 10.7. The maximum atomic E-state index is 10.5. The van der Waals surface area contributed by atoms with E-state index in [1.54, 1.807) is 0 Å². The maximum Gasteiger partial charge on any atom is 0.161 e. The van der Waals surface area contributed by atoms with E-state index in [1.807, 2.05) is 30.3 Å². The number of anilines is 1. The fraction of sp³-hybridized carbons (Fsp3) is 0. The van der Waals surface area contributed by atoms with Gasteiger partial charge in [-0.15, -0.1) is 0 Å². The molecule has 2 rings (SSSR count). The molecule has 0 spiro atoms. The molecule has 0 aliphatic carbocycles. The van der Waals surface area contributed by atoms with Gasteiger partial charge < -0.3 is 5.73 Å². The smallest absolute Gasteiger partial charge is 0.161 e. The van der Waals surface area contributed by atoms with E-state index >= 15 is 0 Å². The minimum atomic E-state index is 0.207. The molecule has 74 valence electrons. The molecule has 0 radical (unpaired) electrons. The molecule has 0 saturated heterocycles. The molecule has 0 bridgehead atoms. The lowest BCUT2D eigenvalue weighted by Crippen LogP contribution is -2.00. The van der Waals surface area contributed by atoms with Crippen LogP contribution in [-0.4, -0.2) is 16.3 Å². The molecule has 4 nitrogen and oxygen atoms in total. The molecule has 1 heterocycles. The van der Waals surface area contributed by atoms with Crippen molar-refractivity contribution in [1.82, 2.24) is 9.97 Å². The number of carbonyl (C=O) groups is 1. The van der Waals surface area contributed by atoms with E-state index in [4.69, 9.17) is 5.73 Å². The van der Waals surface area contributed by atoms with Gasteiger partial charge in [-0.25, -0.2) is 9.97 Å². The number of aromatic nitrogens is 2. The van der Waals surface area contributed by atoms with Crippen molar-refractivity contribution in [2.45, 2.75) is 0 Å². The summed E-state index contributed by atoms with van der Waals surface area (Å²) < 4.78 is 0. The van der Waals surface area contributed by atoms with Gasteiger partial charge in [-0.1, -0.05) is 30.3 Å². The van der Waals surface area contributed by atoms with E-state index in [0.717, 1.165) is 5.56 Å². The van der Waals surface area contributed by atoms with Gasteiger partial charge in [0.15, 0.2) is 12.1 Å². The van der Waals surface area contributed by atoms with Gasteiger partial charge in [0, 0.05) is 11.8 Å². The summed E-state index contributed by atoms with van der Waals surface area (Å²) in [6.45, 7) is 0. The fourth-order valence-corrected chi connectivity index (χ4v) is 1.22. The van der Waals surface area contributed by atoms with Crippen LogP contribution in [0.4, 0.5) is 5.82 Å². The van der Waals surface area contributed by atoms with Gasteiger partial charge in [0.05, 0.1) is 5.56 Å². The number of aldehydes is 1. The van der Waals surface area contributed by atoms with Gasteiger partial charge in [-0.3, -0.25) is 4.79 Å². The topological polar surface area (TPSA) is 68.9 Å². The lowest BCUT2D eigenvalue weighted by atomic mass is 10.2. The van der Waals surface area contributed by atoms with Crippen LogP contribution in [0.15, 0.2) is 36.5 Å². The molecule has 0 saturated carbocycles. The van der Waals surface area contributed by atoms with Crippen LogP contribution in [0.25, 0.3) is 11.4 Å². The summed E-state index contributed by atoms with van der Waals surface area (Å²) in [7, 11) is 0. The molecule has 4 heteroatoms. The quantitative estimate of drug-likeness (QED) is 0.745.